The maximum Gasteiger partial charge on any atom is 0.354 e. The molecule has 0 fully saturated rings. The van der Waals surface area contributed by atoms with Crippen molar-refractivity contribution in [2.75, 3.05) is 0 Å². The summed E-state index contributed by atoms with van der Waals surface area (Å²) in [7, 11) is 1.70. The zero-order valence-electron chi connectivity index (χ0n) is 8.67. The average molecular weight is 235 g/mol. The van der Waals surface area contributed by atoms with Crippen molar-refractivity contribution in [3.63, 3.8) is 0 Å². The number of hydrogen-bond donors (Lipinski definition) is 2. The lowest BCUT2D eigenvalue weighted by Crippen LogP contribution is -2.21. The van der Waals surface area contributed by atoms with Crippen LogP contribution in [0, 0.1) is 0 Å². The van der Waals surface area contributed by atoms with Crippen molar-refractivity contribution in [3.8, 4) is 17.3 Å². The SMILES string of the molecule is Cn1cnc(-c2nc(C(=O)O)c([O-])c(=O)[nH]2)c1. The van der Waals surface area contributed by atoms with Gasteiger partial charge in [0, 0.05) is 13.2 Å². The molecule has 0 unspecified atom stereocenters. The Bertz CT molecular complexity index is 643. The van der Waals surface area contributed by atoms with E-state index in [4.69, 9.17) is 5.11 Å². The van der Waals surface area contributed by atoms with Crippen molar-refractivity contribution in [1.82, 2.24) is 19.5 Å². The van der Waals surface area contributed by atoms with Crippen LogP contribution in [-0.2, 0) is 7.05 Å². The highest BCUT2D eigenvalue weighted by Crippen LogP contribution is 2.13. The number of H-pyrrole nitrogens is 1. The molecule has 0 aliphatic carbocycles. The topological polar surface area (TPSA) is 124 Å². The minimum Gasteiger partial charge on any atom is -0.867 e. The first-order valence-electron chi connectivity index (χ1n) is 4.52. The largest absolute Gasteiger partial charge is 0.867 e. The van der Waals surface area contributed by atoms with Crippen LogP contribution in [0.3, 0.4) is 0 Å². The van der Waals surface area contributed by atoms with Crippen LogP contribution in [-0.4, -0.2) is 30.6 Å². The first kappa shape index (κ1) is 10.9. The molecule has 0 bridgehead atoms. The van der Waals surface area contributed by atoms with Crippen molar-refractivity contribution >= 4 is 5.97 Å². The van der Waals surface area contributed by atoms with E-state index in [0.717, 1.165) is 0 Å². The molecule has 8 nitrogen and oxygen atoms in total. The second kappa shape index (κ2) is 3.74. The van der Waals surface area contributed by atoms with E-state index in [0.29, 0.717) is 0 Å². The normalized spacial score (nSPS) is 10.4. The second-order valence-electron chi connectivity index (χ2n) is 3.32. The van der Waals surface area contributed by atoms with E-state index < -0.39 is 23.0 Å². The molecule has 88 valence electrons. The third-order valence-electron chi connectivity index (χ3n) is 2.03. The third-order valence-corrected chi connectivity index (χ3v) is 2.03. The van der Waals surface area contributed by atoms with E-state index >= 15 is 0 Å². The highest BCUT2D eigenvalue weighted by Gasteiger charge is 2.13. The number of imidazole rings is 1. The number of aryl methyl sites for hydroxylation is 1. The quantitative estimate of drug-likeness (QED) is 0.683. The van der Waals surface area contributed by atoms with E-state index in [1.165, 1.54) is 12.5 Å². The minimum atomic E-state index is -1.54. The predicted molar refractivity (Wildman–Crippen MR) is 53.5 cm³/mol. The molecule has 0 amide bonds. The number of carboxylic acid groups (broad SMARTS) is 1. The van der Waals surface area contributed by atoms with Gasteiger partial charge in [-0.1, -0.05) is 0 Å². The summed E-state index contributed by atoms with van der Waals surface area (Å²) in [4.78, 5) is 31.6. The van der Waals surface area contributed by atoms with Crippen LogP contribution in [0.4, 0.5) is 0 Å². The zero-order valence-corrected chi connectivity index (χ0v) is 8.67. The standard InChI is InChI=1S/C9H8N4O4/c1-13-2-4(10-3-13)7-11-5(9(16)17)6(14)8(15)12-7/h2-3,14H,1H3,(H,16,17)(H,11,12,15)/p-1. The molecule has 0 aliphatic heterocycles. The van der Waals surface area contributed by atoms with Gasteiger partial charge in [-0.25, -0.2) is 14.8 Å². The lowest BCUT2D eigenvalue weighted by atomic mass is 10.3. The number of rotatable bonds is 2. The van der Waals surface area contributed by atoms with Gasteiger partial charge in [-0.05, 0) is 5.75 Å². The Labute approximate surface area is 94.2 Å². The summed E-state index contributed by atoms with van der Waals surface area (Å²) in [5.41, 5.74) is -1.56. The smallest absolute Gasteiger partial charge is 0.354 e. The fourth-order valence-electron chi connectivity index (χ4n) is 1.26. The van der Waals surface area contributed by atoms with Crippen molar-refractivity contribution in [2.24, 2.45) is 7.05 Å². The monoisotopic (exact) mass is 235 g/mol. The second-order valence-corrected chi connectivity index (χ2v) is 3.32. The zero-order chi connectivity index (χ0) is 12.6. The number of carboxylic acids is 1. The third kappa shape index (κ3) is 1.87. The van der Waals surface area contributed by atoms with Crippen LogP contribution < -0.4 is 10.7 Å². The average Bonchev–Trinajstić information content (AvgIpc) is 2.68. The van der Waals surface area contributed by atoms with Crippen LogP contribution in [0.2, 0.25) is 0 Å². The molecule has 0 aromatic carbocycles. The van der Waals surface area contributed by atoms with Gasteiger partial charge in [-0.2, -0.15) is 0 Å². The molecule has 0 aliphatic rings. The van der Waals surface area contributed by atoms with Gasteiger partial charge in [0.15, 0.2) is 5.82 Å². The molecule has 2 N–H and O–H groups in total. The van der Waals surface area contributed by atoms with Crippen molar-refractivity contribution in [1.29, 1.82) is 0 Å². The number of nitrogens with one attached hydrogen (secondary N) is 1. The van der Waals surface area contributed by atoms with E-state index in [-0.39, 0.29) is 11.5 Å². The molecule has 0 atom stereocenters. The highest BCUT2D eigenvalue weighted by atomic mass is 16.4. The molecule has 2 aromatic heterocycles. The van der Waals surface area contributed by atoms with Gasteiger partial charge in [-0.15, -0.1) is 0 Å². The summed E-state index contributed by atoms with van der Waals surface area (Å²) in [6.07, 6.45) is 3.00. The number of carbonyl (C=O) groups is 1. The van der Waals surface area contributed by atoms with Gasteiger partial charge < -0.3 is 19.8 Å². The Morgan fingerprint density at radius 3 is 2.82 bits per heavy atom. The van der Waals surface area contributed by atoms with Gasteiger partial charge in [0.1, 0.15) is 11.4 Å². The molecule has 0 saturated carbocycles. The number of aromatic nitrogens is 4. The predicted octanol–water partition coefficient (Wildman–Crippen LogP) is -1.06. The maximum absolute atomic E-state index is 11.2. The molecular weight excluding hydrogens is 228 g/mol. The summed E-state index contributed by atoms with van der Waals surface area (Å²) in [5.74, 6) is -2.76. The molecule has 0 radical (unpaired) electrons. The summed E-state index contributed by atoms with van der Waals surface area (Å²) in [5, 5.41) is 19.9. The molecule has 0 saturated heterocycles. The number of aromatic amines is 1. The lowest BCUT2D eigenvalue weighted by Gasteiger charge is -2.08. The van der Waals surface area contributed by atoms with Crippen LogP contribution >= 0.6 is 0 Å². The summed E-state index contributed by atoms with van der Waals surface area (Å²) in [6.45, 7) is 0. The van der Waals surface area contributed by atoms with Gasteiger partial charge in [0.05, 0.1) is 6.33 Å². The molecule has 2 heterocycles. The van der Waals surface area contributed by atoms with Crippen LogP contribution in [0.5, 0.6) is 5.75 Å². The molecule has 8 heteroatoms. The van der Waals surface area contributed by atoms with Crippen molar-refractivity contribution in [3.05, 3.63) is 28.6 Å². The van der Waals surface area contributed by atoms with Gasteiger partial charge >= 0.3 is 5.97 Å². The highest BCUT2D eigenvalue weighted by molar-refractivity contribution is 5.88. The summed E-state index contributed by atoms with van der Waals surface area (Å²) < 4.78 is 1.60. The van der Waals surface area contributed by atoms with Crippen LogP contribution in [0.25, 0.3) is 11.5 Å². The molecule has 2 aromatic rings. The molecular formula is C9H7N4O4-. The Kier molecular flexibility index (Phi) is 2.39. The number of hydrogen-bond acceptors (Lipinski definition) is 5. The maximum atomic E-state index is 11.2. The van der Waals surface area contributed by atoms with Gasteiger partial charge in [-0.3, -0.25) is 4.79 Å². The Morgan fingerprint density at radius 2 is 2.29 bits per heavy atom. The first-order chi connectivity index (χ1) is 7.99. The number of aromatic carboxylic acids is 1. The summed E-state index contributed by atoms with van der Waals surface area (Å²) >= 11 is 0. The van der Waals surface area contributed by atoms with Crippen molar-refractivity contribution < 1.29 is 15.0 Å². The Hall–Kier alpha value is -2.64. The van der Waals surface area contributed by atoms with Gasteiger partial charge in [0.25, 0.3) is 0 Å². The van der Waals surface area contributed by atoms with E-state index in [1.807, 2.05) is 0 Å². The van der Waals surface area contributed by atoms with E-state index in [1.54, 1.807) is 11.6 Å². The molecule has 0 spiro atoms. The van der Waals surface area contributed by atoms with E-state index in [2.05, 4.69) is 15.0 Å². The molecule has 17 heavy (non-hydrogen) atoms. The minimum absolute atomic E-state index is 0.0485. The Balaban J connectivity index is 2.65. The van der Waals surface area contributed by atoms with Crippen LogP contribution in [0.1, 0.15) is 10.5 Å². The van der Waals surface area contributed by atoms with Gasteiger partial charge in [0.2, 0.25) is 5.56 Å². The number of nitrogens with zero attached hydrogens (tertiary/aromatic N) is 3. The summed E-state index contributed by atoms with van der Waals surface area (Å²) in [6, 6.07) is 0. The molecule has 2 rings (SSSR count). The fraction of sp³-hybridized carbons (Fsp3) is 0.111. The van der Waals surface area contributed by atoms with Crippen LogP contribution in [0.15, 0.2) is 17.3 Å². The lowest BCUT2D eigenvalue weighted by molar-refractivity contribution is -0.271. The van der Waals surface area contributed by atoms with E-state index in [9.17, 15) is 14.7 Å². The fourth-order valence-corrected chi connectivity index (χ4v) is 1.26. The van der Waals surface area contributed by atoms with Crippen molar-refractivity contribution in [2.45, 2.75) is 0 Å². The first-order valence-corrected chi connectivity index (χ1v) is 4.52. The Morgan fingerprint density at radius 1 is 1.59 bits per heavy atom.